The number of nitrogens with zero attached hydrogens (tertiary/aromatic N) is 3. The monoisotopic (exact) mass is 263 g/mol. The summed E-state index contributed by atoms with van der Waals surface area (Å²) in [6.07, 6.45) is 3.32. The Labute approximate surface area is 109 Å². The van der Waals surface area contributed by atoms with E-state index >= 15 is 0 Å². The number of phenolic OH excluding ortho intramolecular Hbond substituents is 1. The fourth-order valence-corrected chi connectivity index (χ4v) is 1.77. The molecule has 2 rings (SSSR count). The van der Waals surface area contributed by atoms with Crippen molar-refractivity contribution in [2.75, 3.05) is 6.61 Å². The number of hydrogen-bond donors (Lipinski definition) is 1. The summed E-state index contributed by atoms with van der Waals surface area (Å²) >= 11 is 0. The number of phenols is 1. The molecule has 1 aromatic heterocycles. The molecular formula is C12H13N3O4. The maximum atomic E-state index is 10.9. The number of nitro benzene ring substituents is 1. The summed E-state index contributed by atoms with van der Waals surface area (Å²) in [6.45, 7) is 2.04. The van der Waals surface area contributed by atoms with Crippen molar-refractivity contribution in [3.05, 3.63) is 34.6 Å². The molecule has 0 aliphatic rings. The van der Waals surface area contributed by atoms with Gasteiger partial charge in [0.1, 0.15) is 5.82 Å². The number of rotatable bonds is 4. The highest BCUT2D eigenvalue weighted by atomic mass is 16.6. The zero-order valence-electron chi connectivity index (χ0n) is 10.5. The molecule has 2 aromatic rings. The molecule has 19 heavy (non-hydrogen) atoms. The minimum Gasteiger partial charge on any atom is -0.500 e. The fraction of sp³-hybridized carbons (Fsp3) is 0.250. The highest BCUT2D eigenvalue weighted by Gasteiger charge is 2.21. The predicted octanol–water partition coefficient (Wildman–Crippen LogP) is 2.10. The van der Waals surface area contributed by atoms with E-state index < -0.39 is 16.4 Å². The van der Waals surface area contributed by atoms with Crippen molar-refractivity contribution in [3.8, 4) is 22.9 Å². The second-order valence-electron chi connectivity index (χ2n) is 3.89. The molecular weight excluding hydrogens is 250 g/mol. The Morgan fingerprint density at radius 3 is 2.79 bits per heavy atom. The van der Waals surface area contributed by atoms with E-state index in [1.54, 1.807) is 30.9 Å². The van der Waals surface area contributed by atoms with Gasteiger partial charge in [0.2, 0.25) is 5.75 Å². The molecule has 0 bridgehead atoms. The summed E-state index contributed by atoms with van der Waals surface area (Å²) in [5.41, 5.74) is 0.115. The van der Waals surface area contributed by atoms with E-state index in [1.807, 2.05) is 0 Å². The van der Waals surface area contributed by atoms with Crippen molar-refractivity contribution in [1.82, 2.24) is 9.55 Å². The summed E-state index contributed by atoms with van der Waals surface area (Å²) in [5.74, 6) is 0.170. The first-order valence-corrected chi connectivity index (χ1v) is 5.66. The molecule has 7 heteroatoms. The van der Waals surface area contributed by atoms with Crippen LogP contribution in [0.25, 0.3) is 11.4 Å². The smallest absolute Gasteiger partial charge is 0.315 e. The Bertz CT molecular complexity index is 621. The van der Waals surface area contributed by atoms with E-state index in [9.17, 15) is 15.2 Å². The minimum absolute atomic E-state index is 0.0784. The molecule has 0 aliphatic heterocycles. The molecule has 100 valence electrons. The molecule has 0 fully saturated rings. The Morgan fingerprint density at radius 1 is 1.53 bits per heavy atom. The molecule has 0 saturated carbocycles. The molecule has 0 saturated heterocycles. The van der Waals surface area contributed by atoms with Crippen molar-refractivity contribution in [1.29, 1.82) is 0 Å². The summed E-state index contributed by atoms with van der Waals surface area (Å²) < 4.78 is 6.94. The van der Waals surface area contributed by atoms with E-state index in [4.69, 9.17) is 4.74 Å². The van der Waals surface area contributed by atoms with Gasteiger partial charge in [0.15, 0.2) is 5.75 Å². The first kappa shape index (κ1) is 12.9. The van der Waals surface area contributed by atoms with Gasteiger partial charge in [0.25, 0.3) is 0 Å². The van der Waals surface area contributed by atoms with Crippen molar-refractivity contribution >= 4 is 5.69 Å². The van der Waals surface area contributed by atoms with Crippen molar-refractivity contribution < 1.29 is 14.8 Å². The minimum atomic E-state index is -0.649. The van der Waals surface area contributed by atoms with Crippen molar-refractivity contribution in [3.63, 3.8) is 0 Å². The van der Waals surface area contributed by atoms with Crippen LogP contribution in [0, 0.1) is 10.1 Å². The molecule has 7 nitrogen and oxygen atoms in total. The highest BCUT2D eigenvalue weighted by molar-refractivity contribution is 5.69. The lowest BCUT2D eigenvalue weighted by Crippen LogP contribution is -1.98. The van der Waals surface area contributed by atoms with Crippen LogP contribution in [0.4, 0.5) is 5.69 Å². The second kappa shape index (κ2) is 4.97. The Morgan fingerprint density at radius 2 is 2.26 bits per heavy atom. The molecule has 0 atom stereocenters. The van der Waals surface area contributed by atoms with Crippen LogP contribution >= 0.6 is 0 Å². The number of aryl methyl sites for hydroxylation is 1. The Balaban J connectivity index is 2.63. The number of hydrogen-bond acceptors (Lipinski definition) is 5. The van der Waals surface area contributed by atoms with Gasteiger partial charge in [-0.05, 0) is 13.0 Å². The van der Waals surface area contributed by atoms with Gasteiger partial charge in [-0.1, -0.05) is 0 Å². The first-order valence-electron chi connectivity index (χ1n) is 5.66. The maximum Gasteiger partial charge on any atom is 0.315 e. The lowest BCUT2D eigenvalue weighted by Gasteiger charge is -2.09. The van der Waals surface area contributed by atoms with Crippen LogP contribution in [0.3, 0.4) is 0 Å². The molecule has 0 radical (unpaired) electrons. The SMILES string of the molecule is CCOc1cc(-c2nccn2C)cc([N+](=O)[O-])c1O. The maximum absolute atomic E-state index is 10.9. The molecule has 1 heterocycles. The number of nitro groups is 1. The lowest BCUT2D eigenvalue weighted by molar-refractivity contribution is -0.385. The standard InChI is InChI=1S/C12H13N3O4/c1-3-19-10-7-8(12-13-4-5-14(12)2)6-9(11(10)16)15(17)18/h4-7,16H,3H2,1-2H3. The number of ether oxygens (including phenoxy) is 1. The van der Waals surface area contributed by atoms with Gasteiger partial charge < -0.3 is 14.4 Å². The average Bonchev–Trinajstić information content (AvgIpc) is 2.78. The lowest BCUT2D eigenvalue weighted by atomic mass is 10.1. The molecule has 0 amide bonds. The summed E-state index contributed by atoms with van der Waals surface area (Å²) in [5, 5.41) is 20.7. The van der Waals surface area contributed by atoms with Crippen LogP contribution in [0.2, 0.25) is 0 Å². The molecule has 1 N–H and O–H groups in total. The van der Waals surface area contributed by atoms with E-state index in [-0.39, 0.29) is 5.75 Å². The summed E-state index contributed by atoms with van der Waals surface area (Å²) in [6, 6.07) is 2.81. The molecule has 0 aliphatic carbocycles. The number of benzene rings is 1. The molecule has 0 unspecified atom stereocenters. The van der Waals surface area contributed by atoms with Crippen LogP contribution in [-0.2, 0) is 7.05 Å². The first-order chi connectivity index (χ1) is 9.04. The van der Waals surface area contributed by atoms with Gasteiger partial charge in [-0.3, -0.25) is 10.1 Å². The van der Waals surface area contributed by atoms with Crippen molar-refractivity contribution in [2.45, 2.75) is 6.92 Å². The van der Waals surface area contributed by atoms with Crippen LogP contribution in [0.5, 0.6) is 11.5 Å². The van der Waals surface area contributed by atoms with Crippen LogP contribution in [-0.4, -0.2) is 26.2 Å². The number of imidazole rings is 1. The zero-order chi connectivity index (χ0) is 14.0. The zero-order valence-corrected chi connectivity index (χ0v) is 10.5. The van der Waals surface area contributed by atoms with E-state index in [0.29, 0.717) is 18.0 Å². The second-order valence-corrected chi connectivity index (χ2v) is 3.89. The predicted molar refractivity (Wildman–Crippen MR) is 68.1 cm³/mol. The Kier molecular flexibility index (Phi) is 3.37. The third-order valence-corrected chi connectivity index (χ3v) is 2.63. The van der Waals surface area contributed by atoms with Crippen LogP contribution in [0.15, 0.2) is 24.5 Å². The third kappa shape index (κ3) is 2.35. The van der Waals surface area contributed by atoms with Gasteiger partial charge in [-0.2, -0.15) is 0 Å². The topological polar surface area (TPSA) is 90.4 Å². The summed E-state index contributed by atoms with van der Waals surface area (Å²) in [7, 11) is 1.78. The molecule has 1 aromatic carbocycles. The van der Waals surface area contributed by atoms with Gasteiger partial charge >= 0.3 is 5.69 Å². The van der Waals surface area contributed by atoms with E-state index in [2.05, 4.69) is 4.98 Å². The van der Waals surface area contributed by atoms with E-state index in [0.717, 1.165) is 0 Å². The van der Waals surface area contributed by atoms with Gasteiger partial charge in [0.05, 0.1) is 11.5 Å². The van der Waals surface area contributed by atoms with Crippen LogP contribution in [0.1, 0.15) is 6.92 Å². The Hall–Kier alpha value is -2.57. The normalized spacial score (nSPS) is 10.4. The average molecular weight is 263 g/mol. The van der Waals surface area contributed by atoms with Crippen molar-refractivity contribution in [2.24, 2.45) is 7.05 Å². The van der Waals surface area contributed by atoms with Gasteiger partial charge in [-0.15, -0.1) is 0 Å². The highest BCUT2D eigenvalue weighted by Crippen LogP contribution is 2.39. The largest absolute Gasteiger partial charge is 0.500 e. The van der Waals surface area contributed by atoms with Crippen LogP contribution < -0.4 is 4.74 Å². The third-order valence-electron chi connectivity index (χ3n) is 2.63. The van der Waals surface area contributed by atoms with Gasteiger partial charge in [0, 0.05) is 31.1 Å². The molecule has 0 spiro atoms. The quantitative estimate of drug-likeness (QED) is 0.673. The summed E-state index contributed by atoms with van der Waals surface area (Å²) in [4.78, 5) is 14.4. The fourth-order valence-electron chi connectivity index (χ4n) is 1.77. The van der Waals surface area contributed by atoms with Gasteiger partial charge in [-0.25, -0.2) is 4.98 Å². The van der Waals surface area contributed by atoms with E-state index in [1.165, 1.54) is 12.1 Å². The number of aromatic hydroxyl groups is 1. The number of aromatic nitrogens is 2.